The molecule has 2 fully saturated rings. The Morgan fingerprint density at radius 3 is 2.54 bits per heavy atom. The molecule has 130 valence electrons. The molecule has 0 radical (unpaired) electrons. The van der Waals surface area contributed by atoms with Crippen molar-refractivity contribution in [3.63, 3.8) is 0 Å². The van der Waals surface area contributed by atoms with Crippen LogP contribution in [0, 0.1) is 15.5 Å². The Morgan fingerprint density at radius 1 is 1.38 bits per heavy atom. The van der Waals surface area contributed by atoms with Crippen LogP contribution in [-0.2, 0) is 4.74 Å². The molecular formula is C15H19BrN4O4. The van der Waals surface area contributed by atoms with Gasteiger partial charge in [0.25, 0.3) is 0 Å². The number of halogens is 1. The Labute approximate surface area is 148 Å². The quantitative estimate of drug-likeness (QED) is 0.561. The summed E-state index contributed by atoms with van der Waals surface area (Å²) in [7, 11) is 0. The highest BCUT2D eigenvalue weighted by atomic mass is 79.9. The van der Waals surface area contributed by atoms with Gasteiger partial charge in [-0.15, -0.1) is 0 Å². The number of hydrogen-bond donors (Lipinski definition) is 0. The molecule has 2 aliphatic rings. The van der Waals surface area contributed by atoms with E-state index in [1.54, 1.807) is 11.1 Å². The van der Waals surface area contributed by atoms with Crippen molar-refractivity contribution in [1.29, 1.82) is 0 Å². The van der Waals surface area contributed by atoms with Gasteiger partial charge in [0.1, 0.15) is 5.60 Å². The average Bonchev–Trinajstić information content (AvgIpc) is 2.34. The van der Waals surface area contributed by atoms with Crippen LogP contribution in [0.1, 0.15) is 20.8 Å². The summed E-state index contributed by atoms with van der Waals surface area (Å²) in [5.74, 6) is 0.379. The minimum atomic E-state index is -0.507. The molecule has 9 heteroatoms. The van der Waals surface area contributed by atoms with Gasteiger partial charge in [-0.3, -0.25) is 10.1 Å². The summed E-state index contributed by atoms with van der Waals surface area (Å²) in [6, 6.07) is 1.46. The first-order valence-electron chi connectivity index (χ1n) is 7.61. The van der Waals surface area contributed by atoms with Gasteiger partial charge in [-0.2, -0.15) is 0 Å². The lowest BCUT2D eigenvalue weighted by atomic mass is 9.73. The first-order valence-corrected chi connectivity index (χ1v) is 8.41. The Balaban J connectivity index is 1.60. The topological polar surface area (TPSA) is 88.8 Å². The highest BCUT2D eigenvalue weighted by molar-refractivity contribution is 9.10. The van der Waals surface area contributed by atoms with E-state index in [9.17, 15) is 14.9 Å². The number of amides is 1. The van der Waals surface area contributed by atoms with E-state index in [4.69, 9.17) is 4.74 Å². The number of hydrogen-bond acceptors (Lipinski definition) is 6. The maximum Gasteiger partial charge on any atom is 0.410 e. The Hall–Kier alpha value is -1.90. The molecule has 0 N–H and O–H groups in total. The zero-order valence-electron chi connectivity index (χ0n) is 13.8. The molecular weight excluding hydrogens is 380 g/mol. The van der Waals surface area contributed by atoms with E-state index in [-0.39, 0.29) is 17.2 Å². The predicted molar refractivity (Wildman–Crippen MR) is 91.0 cm³/mol. The number of aromatic nitrogens is 1. The lowest BCUT2D eigenvalue weighted by Gasteiger charge is -2.59. The number of likely N-dealkylation sites (tertiary alicyclic amines) is 1. The molecule has 0 aromatic carbocycles. The molecule has 24 heavy (non-hydrogen) atoms. The van der Waals surface area contributed by atoms with Gasteiger partial charge in [0.15, 0.2) is 0 Å². The van der Waals surface area contributed by atoms with Gasteiger partial charge in [-0.25, -0.2) is 9.78 Å². The van der Waals surface area contributed by atoms with E-state index >= 15 is 0 Å². The number of carbonyl (C=O) groups is 1. The molecule has 3 heterocycles. The fourth-order valence-corrected chi connectivity index (χ4v) is 3.45. The molecule has 0 atom stereocenters. The number of carbonyl (C=O) groups excluding carboxylic acids is 1. The Bertz CT molecular complexity index is 689. The summed E-state index contributed by atoms with van der Waals surface area (Å²) < 4.78 is 5.92. The number of nitro groups is 1. The summed E-state index contributed by atoms with van der Waals surface area (Å²) in [6.45, 7) is 8.05. The van der Waals surface area contributed by atoms with Crippen LogP contribution in [0.3, 0.4) is 0 Å². The van der Waals surface area contributed by atoms with Crippen molar-refractivity contribution >= 4 is 33.5 Å². The molecule has 0 aliphatic carbocycles. The van der Waals surface area contributed by atoms with Gasteiger partial charge >= 0.3 is 11.8 Å². The first-order chi connectivity index (χ1) is 11.1. The third-order valence-corrected chi connectivity index (χ3v) is 4.50. The lowest BCUT2D eigenvalue weighted by Crippen LogP contribution is -2.73. The molecule has 0 bridgehead atoms. The average molecular weight is 399 g/mol. The van der Waals surface area contributed by atoms with E-state index in [0.29, 0.717) is 36.5 Å². The van der Waals surface area contributed by atoms with Crippen molar-refractivity contribution in [3.05, 3.63) is 26.9 Å². The van der Waals surface area contributed by atoms with Crippen molar-refractivity contribution in [3.8, 4) is 0 Å². The first kappa shape index (κ1) is 16.9. The zero-order chi connectivity index (χ0) is 17.7. The molecule has 3 rings (SSSR count). The third kappa shape index (κ3) is 3.17. The largest absolute Gasteiger partial charge is 0.444 e. The Morgan fingerprint density at radius 2 is 2.00 bits per heavy atom. The molecule has 1 amide bonds. The molecule has 0 saturated carbocycles. The van der Waals surface area contributed by atoms with Crippen LogP contribution in [0.5, 0.6) is 0 Å². The van der Waals surface area contributed by atoms with Crippen molar-refractivity contribution in [2.45, 2.75) is 26.4 Å². The van der Waals surface area contributed by atoms with E-state index in [1.807, 2.05) is 25.7 Å². The maximum atomic E-state index is 12.0. The van der Waals surface area contributed by atoms with Crippen LogP contribution in [0.4, 0.5) is 16.3 Å². The normalized spacial score (nSPS) is 18.8. The predicted octanol–water partition coefficient (Wildman–Crippen LogP) is 2.81. The van der Waals surface area contributed by atoms with Crippen LogP contribution in [-0.4, -0.2) is 52.7 Å². The summed E-state index contributed by atoms with van der Waals surface area (Å²) >= 11 is 3.21. The second-order valence-electron chi connectivity index (χ2n) is 7.45. The van der Waals surface area contributed by atoms with Crippen molar-refractivity contribution < 1.29 is 14.5 Å². The van der Waals surface area contributed by atoms with Crippen LogP contribution in [0.15, 0.2) is 16.7 Å². The minimum absolute atomic E-state index is 0.000470. The van der Waals surface area contributed by atoms with E-state index in [1.165, 1.54) is 6.07 Å². The van der Waals surface area contributed by atoms with E-state index in [2.05, 4.69) is 20.9 Å². The number of anilines is 1. The van der Waals surface area contributed by atoms with E-state index < -0.39 is 10.5 Å². The van der Waals surface area contributed by atoms with Crippen LogP contribution >= 0.6 is 15.9 Å². The van der Waals surface area contributed by atoms with Crippen LogP contribution in [0.2, 0.25) is 0 Å². The summed E-state index contributed by atoms with van der Waals surface area (Å²) in [6.07, 6.45) is 1.25. The lowest BCUT2D eigenvalue weighted by molar-refractivity contribution is -0.384. The summed E-state index contributed by atoms with van der Waals surface area (Å²) in [5.41, 5.74) is -0.519. The Kier molecular flexibility index (Phi) is 3.94. The summed E-state index contributed by atoms with van der Waals surface area (Å²) in [5, 5.41) is 11.2. The highest BCUT2D eigenvalue weighted by Crippen LogP contribution is 2.44. The second-order valence-corrected chi connectivity index (χ2v) is 8.36. The van der Waals surface area contributed by atoms with E-state index in [0.717, 1.165) is 0 Å². The highest BCUT2D eigenvalue weighted by Gasteiger charge is 2.55. The number of nitrogens with zero attached hydrogens (tertiary/aromatic N) is 4. The standard InChI is InChI=1S/C15H19BrN4O4/c1-14(2,3)24-13(21)19-8-15(9-19)6-18(7-15)12-11(20(22)23)4-10(16)5-17-12/h4-5H,6-9H2,1-3H3. The SMILES string of the molecule is CC(C)(C)OC(=O)N1CC2(C1)CN(c1ncc(Br)cc1[N+](=O)[O-])C2. The maximum absolute atomic E-state index is 12.0. The fraction of sp³-hybridized carbons (Fsp3) is 0.600. The zero-order valence-corrected chi connectivity index (χ0v) is 15.4. The van der Waals surface area contributed by atoms with Gasteiger partial charge in [0, 0.05) is 48.3 Å². The molecule has 1 aromatic heterocycles. The summed E-state index contributed by atoms with van der Waals surface area (Å²) in [4.78, 5) is 30.5. The van der Waals surface area contributed by atoms with Gasteiger partial charge in [-0.1, -0.05) is 0 Å². The monoisotopic (exact) mass is 398 g/mol. The van der Waals surface area contributed by atoms with Crippen LogP contribution < -0.4 is 4.90 Å². The molecule has 1 aromatic rings. The smallest absolute Gasteiger partial charge is 0.410 e. The number of ether oxygens (including phenoxy) is 1. The van der Waals surface area contributed by atoms with Gasteiger partial charge in [0.2, 0.25) is 5.82 Å². The molecule has 1 spiro atoms. The minimum Gasteiger partial charge on any atom is -0.444 e. The number of rotatable bonds is 2. The fourth-order valence-electron chi connectivity index (χ4n) is 3.13. The number of pyridine rings is 1. The van der Waals surface area contributed by atoms with Crippen molar-refractivity contribution in [1.82, 2.24) is 9.88 Å². The van der Waals surface area contributed by atoms with Crippen molar-refractivity contribution in [2.75, 3.05) is 31.1 Å². The van der Waals surface area contributed by atoms with Gasteiger partial charge < -0.3 is 14.5 Å². The van der Waals surface area contributed by atoms with Crippen molar-refractivity contribution in [2.24, 2.45) is 5.41 Å². The van der Waals surface area contributed by atoms with Gasteiger partial charge in [0.05, 0.1) is 4.92 Å². The van der Waals surface area contributed by atoms with Crippen LogP contribution in [0.25, 0.3) is 0 Å². The van der Waals surface area contributed by atoms with Gasteiger partial charge in [-0.05, 0) is 36.7 Å². The molecule has 2 saturated heterocycles. The molecule has 2 aliphatic heterocycles. The third-order valence-electron chi connectivity index (χ3n) is 4.07. The molecule has 8 nitrogen and oxygen atoms in total. The molecule has 0 unspecified atom stereocenters. The second kappa shape index (κ2) is 5.58.